The molecule has 0 amide bonds. The van der Waals surface area contributed by atoms with E-state index in [1.54, 1.807) is 0 Å². The third-order valence-corrected chi connectivity index (χ3v) is 3.54. The molecule has 0 fully saturated rings. The van der Waals surface area contributed by atoms with Gasteiger partial charge in [0, 0.05) is 5.57 Å². The molecular formula is C14H11F15O5. The van der Waals surface area contributed by atoms with Crippen molar-refractivity contribution in [2.24, 2.45) is 0 Å². The van der Waals surface area contributed by atoms with E-state index < -0.39 is 66.2 Å². The molecule has 0 aromatic rings. The topological polar surface area (TPSA) is 94.8 Å². The molecule has 34 heavy (non-hydrogen) atoms. The van der Waals surface area contributed by atoms with Crippen LogP contribution < -0.4 is 0 Å². The van der Waals surface area contributed by atoms with Crippen LogP contribution in [0, 0.1) is 0 Å². The average molecular weight is 544 g/mol. The second-order valence-corrected chi connectivity index (χ2v) is 6.15. The van der Waals surface area contributed by atoms with Gasteiger partial charge in [0.25, 0.3) is 0 Å². The summed E-state index contributed by atoms with van der Waals surface area (Å²) in [5.74, 6) is -49.4. The number of alkyl halides is 15. The first-order valence-corrected chi connectivity index (χ1v) is 7.63. The lowest BCUT2D eigenvalue weighted by Crippen LogP contribution is -2.73. The molecule has 0 aromatic heterocycles. The van der Waals surface area contributed by atoms with Crippen molar-refractivity contribution in [1.82, 2.24) is 0 Å². The van der Waals surface area contributed by atoms with E-state index in [1.165, 1.54) is 0 Å². The highest BCUT2D eigenvalue weighted by molar-refractivity contribution is 5.91. The molecule has 5 nitrogen and oxygen atoms in total. The highest BCUT2D eigenvalue weighted by Gasteiger charge is 2.93. The number of carbonyl (C=O) groups is 2. The zero-order chi connectivity index (χ0) is 28.5. The van der Waals surface area contributed by atoms with Gasteiger partial charge in [-0.25, -0.2) is 4.79 Å². The normalized spacial score (nSPS) is 15.2. The van der Waals surface area contributed by atoms with Crippen LogP contribution in [0.1, 0.15) is 13.3 Å². The SMILES string of the molecule is C=C(CC(=O)O)C(=O)O.CC(O)C(F)(F)C(F)(F)C(F)(F)C(F)(F)C(F)(F)C(F)(F)C(F)(F)F. The Bertz CT molecular complexity index is 770. The van der Waals surface area contributed by atoms with Gasteiger partial charge in [-0.2, -0.15) is 65.9 Å². The first kappa shape index (κ1) is 33.8. The molecule has 0 aliphatic rings. The maximum absolute atomic E-state index is 13.0. The molecule has 0 aliphatic carbocycles. The van der Waals surface area contributed by atoms with Gasteiger partial charge < -0.3 is 15.3 Å². The van der Waals surface area contributed by atoms with Crippen molar-refractivity contribution < 1.29 is 90.8 Å². The van der Waals surface area contributed by atoms with Crippen LogP contribution in [-0.4, -0.2) is 75.1 Å². The molecule has 0 saturated carbocycles. The summed E-state index contributed by atoms with van der Waals surface area (Å²) in [4.78, 5) is 19.7. The molecule has 0 aliphatic heterocycles. The first-order valence-electron chi connectivity index (χ1n) is 7.63. The first-order chi connectivity index (χ1) is 14.5. The summed E-state index contributed by atoms with van der Waals surface area (Å²) in [6.07, 6.45) is -12.0. The number of carboxylic acids is 2. The third-order valence-electron chi connectivity index (χ3n) is 3.54. The molecule has 0 rings (SSSR count). The Morgan fingerprint density at radius 3 is 1.18 bits per heavy atom. The highest BCUT2D eigenvalue weighted by Crippen LogP contribution is 2.62. The van der Waals surface area contributed by atoms with Crippen LogP contribution in [-0.2, 0) is 9.59 Å². The van der Waals surface area contributed by atoms with Gasteiger partial charge in [-0.3, -0.25) is 4.79 Å². The molecule has 1 atom stereocenters. The van der Waals surface area contributed by atoms with Gasteiger partial charge in [0.15, 0.2) is 0 Å². The van der Waals surface area contributed by atoms with E-state index in [0.29, 0.717) is 0 Å². The van der Waals surface area contributed by atoms with Gasteiger partial charge in [-0.05, 0) is 6.92 Å². The molecule has 0 aromatic carbocycles. The van der Waals surface area contributed by atoms with Gasteiger partial charge >= 0.3 is 53.7 Å². The van der Waals surface area contributed by atoms with Crippen molar-refractivity contribution in [2.75, 3.05) is 0 Å². The summed E-state index contributed by atoms with van der Waals surface area (Å²) in [6.45, 7) is 2.63. The zero-order valence-corrected chi connectivity index (χ0v) is 15.8. The van der Waals surface area contributed by atoms with Gasteiger partial charge in [0.1, 0.15) is 6.10 Å². The van der Waals surface area contributed by atoms with E-state index in [1.807, 2.05) is 0 Å². The van der Waals surface area contributed by atoms with Crippen LogP contribution in [0.4, 0.5) is 65.9 Å². The minimum atomic E-state index is -8.32. The standard InChI is InChI=1S/C9H5F15O.C5H6O4/c1-2(25)3(10,11)4(12,13)5(14,15)6(16,17)7(18,19)8(20,21)9(22,23)24;1-3(5(8)9)2-4(6)7/h2,25H,1H3;1-2H2,(H,6,7)(H,8,9). The van der Waals surface area contributed by atoms with Crippen molar-refractivity contribution >= 4 is 11.9 Å². The molecule has 20 heteroatoms. The Morgan fingerprint density at radius 2 is 0.971 bits per heavy atom. The summed E-state index contributed by atoms with van der Waals surface area (Å²) in [6, 6.07) is 0. The monoisotopic (exact) mass is 544 g/mol. The summed E-state index contributed by atoms with van der Waals surface area (Å²) >= 11 is 0. The van der Waals surface area contributed by atoms with Crippen LogP contribution in [0.3, 0.4) is 0 Å². The number of aliphatic hydroxyl groups is 1. The maximum atomic E-state index is 13.0. The smallest absolute Gasteiger partial charge is 0.460 e. The van der Waals surface area contributed by atoms with E-state index in [2.05, 4.69) is 6.58 Å². The molecule has 0 spiro atoms. The van der Waals surface area contributed by atoms with E-state index in [-0.39, 0.29) is 12.5 Å². The minimum Gasteiger partial charge on any atom is -0.481 e. The minimum absolute atomic E-state index is 0.303. The van der Waals surface area contributed by atoms with Crippen LogP contribution in [0.25, 0.3) is 0 Å². The van der Waals surface area contributed by atoms with Crippen molar-refractivity contribution in [3.63, 3.8) is 0 Å². The van der Waals surface area contributed by atoms with E-state index in [0.717, 1.165) is 0 Å². The van der Waals surface area contributed by atoms with Crippen LogP contribution in [0.5, 0.6) is 0 Å². The molecule has 0 saturated heterocycles. The number of halogens is 15. The number of hydrogen-bond acceptors (Lipinski definition) is 3. The Labute approximate surface area is 177 Å². The summed E-state index contributed by atoms with van der Waals surface area (Å²) in [5, 5.41) is 24.3. The van der Waals surface area contributed by atoms with Gasteiger partial charge in [-0.15, -0.1) is 0 Å². The van der Waals surface area contributed by atoms with Crippen molar-refractivity contribution in [3.8, 4) is 0 Å². The van der Waals surface area contributed by atoms with Crippen LogP contribution in [0.15, 0.2) is 12.2 Å². The molecule has 0 bridgehead atoms. The Kier molecular flexibility index (Phi) is 9.62. The fourth-order valence-electron chi connectivity index (χ4n) is 1.50. The van der Waals surface area contributed by atoms with E-state index >= 15 is 0 Å². The van der Waals surface area contributed by atoms with E-state index in [4.69, 9.17) is 15.3 Å². The van der Waals surface area contributed by atoms with Gasteiger partial charge in [0.2, 0.25) is 0 Å². The summed E-state index contributed by atoms with van der Waals surface area (Å²) in [5.41, 5.74) is -0.303. The fraction of sp³-hybridized carbons (Fsp3) is 0.714. The summed E-state index contributed by atoms with van der Waals surface area (Å²) < 4.78 is 189. The van der Waals surface area contributed by atoms with Crippen molar-refractivity contribution in [1.29, 1.82) is 0 Å². The third kappa shape index (κ3) is 5.62. The lowest BCUT2D eigenvalue weighted by molar-refractivity contribution is -0.455. The number of hydrogen-bond donors (Lipinski definition) is 3. The van der Waals surface area contributed by atoms with Gasteiger partial charge in [0.05, 0.1) is 6.42 Å². The summed E-state index contributed by atoms with van der Waals surface area (Å²) in [7, 11) is 0. The van der Waals surface area contributed by atoms with Crippen LogP contribution in [0.2, 0.25) is 0 Å². The largest absolute Gasteiger partial charge is 0.481 e. The number of rotatable bonds is 9. The second-order valence-electron chi connectivity index (χ2n) is 6.15. The predicted octanol–water partition coefficient (Wildman–Crippen LogP) is 4.84. The predicted molar refractivity (Wildman–Crippen MR) is 76.4 cm³/mol. The number of aliphatic hydroxyl groups excluding tert-OH is 1. The molecular weight excluding hydrogens is 533 g/mol. The lowest BCUT2D eigenvalue weighted by Gasteiger charge is -2.42. The molecule has 202 valence electrons. The quantitative estimate of drug-likeness (QED) is 0.285. The van der Waals surface area contributed by atoms with Crippen molar-refractivity contribution in [2.45, 2.75) is 61.2 Å². The Hall–Kier alpha value is -2.41. The second kappa shape index (κ2) is 9.68. The van der Waals surface area contributed by atoms with Gasteiger partial charge in [-0.1, -0.05) is 6.58 Å². The van der Waals surface area contributed by atoms with Crippen LogP contribution >= 0.6 is 0 Å². The number of carboxylic acid groups (broad SMARTS) is 2. The molecule has 0 radical (unpaired) electrons. The fourth-order valence-corrected chi connectivity index (χ4v) is 1.50. The Balaban J connectivity index is 0. The molecule has 3 N–H and O–H groups in total. The zero-order valence-electron chi connectivity index (χ0n) is 15.8. The number of aliphatic carboxylic acids is 2. The van der Waals surface area contributed by atoms with Crippen molar-refractivity contribution in [3.05, 3.63) is 12.2 Å². The molecule has 1 unspecified atom stereocenters. The molecule has 0 heterocycles. The Morgan fingerprint density at radius 1 is 0.676 bits per heavy atom. The maximum Gasteiger partial charge on any atom is 0.460 e. The highest BCUT2D eigenvalue weighted by atomic mass is 19.4. The van der Waals surface area contributed by atoms with E-state index in [9.17, 15) is 75.4 Å². The average Bonchev–Trinajstić information content (AvgIpc) is 2.59. The lowest BCUT2D eigenvalue weighted by atomic mass is 9.89.